The Kier molecular flexibility index (Phi) is 7.77. The van der Waals surface area contributed by atoms with Crippen LogP contribution in [0.5, 0.6) is 5.75 Å². The van der Waals surface area contributed by atoms with Gasteiger partial charge in [-0.15, -0.1) is 0 Å². The van der Waals surface area contributed by atoms with Gasteiger partial charge in [0.05, 0.1) is 7.11 Å². The van der Waals surface area contributed by atoms with E-state index in [-0.39, 0.29) is 0 Å². The average Bonchev–Trinajstić information content (AvgIpc) is 2.71. The van der Waals surface area contributed by atoms with Gasteiger partial charge in [-0.3, -0.25) is 9.59 Å². The number of anilines is 1. The van der Waals surface area contributed by atoms with E-state index in [4.69, 9.17) is 9.47 Å². The van der Waals surface area contributed by atoms with Crippen molar-refractivity contribution < 1.29 is 23.9 Å². The molecule has 0 aliphatic carbocycles. The third kappa shape index (κ3) is 6.95. The monoisotopic (exact) mass is 382 g/mol. The number of rotatable bonds is 8. The van der Waals surface area contributed by atoms with Crippen LogP contribution in [-0.2, 0) is 19.1 Å². The van der Waals surface area contributed by atoms with Crippen LogP contribution in [-0.4, -0.2) is 37.5 Å². The zero-order chi connectivity index (χ0) is 20.4. The van der Waals surface area contributed by atoms with Crippen LogP contribution >= 0.6 is 0 Å². The standard InChI is InChI=1S/C21H22N2O5/c1-15(21(26)28-14-20(25)23-17-6-4-3-5-7-17)22-19(24)13-10-16-8-11-18(27-2)12-9-16/h3-13,15H,14H2,1-2H3,(H,22,24)(H,23,25)/b13-10+/t15-/m0/s1. The molecule has 0 heterocycles. The Morgan fingerprint density at radius 1 is 1.04 bits per heavy atom. The van der Waals surface area contributed by atoms with E-state index in [1.54, 1.807) is 61.7 Å². The van der Waals surface area contributed by atoms with Gasteiger partial charge in [0.2, 0.25) is 5.91 Å². The van der Waals surface area contributed by atoms with Crippen LogP contribution in [0.3, 0.4) is 0 Å². The summed E-state index contributed by atoms with van der Waals surface area (Å²) >= 11 is 0. The summed E-state index contributed by atoms with van der Waals surface area (Å²) in [6.45, 7) is 1.05. The Morgan fingerprint density at radius 3 is 2.36 bits per heavy atom. The van der Waals surface area contributed by atoms with Gasteiger partial charge < -0.3 is 20.1 Å². The smallest absolute Gasteiger partial charge is 0.328 e. The van der Waals surface area contributed by atoms with Gasteiger partial charge in [0, 0.05) is 11.8 Å². The first kappa shape index (κ1) is 20.7. The number of carbonyl (C=O) groups is 3. The first-order valence-corrected chi connectivity index (χ1v) is 8.62. The first-order valence-electron chi connectivity index (χ1n) is 8.62. The van der Waals surface area contributed by atoms with Gasteiger partial charge in [0.15, 0.2) is 6.61 Å². The molecule has 0 fully saturated rings. The van der Waals surface area contributed by atoms with Crippen molar-refractivity contribution in [2.24, 2.45) is 0 Å². The lowest BCUT2D eigenvalue weighted by atomic mass is 10.2. The van der Waals surface area contributed by atoms with Crippen LogP contribution in [0, 0.1) is 0 Å². The molecule has 7 heteroatoms. The number of esters is 1. The lowest BCUT2D eigenvalue weighted by Gasteiger charge is -2.12. The van der Waals surface area contributed by atoms with Crippen molar-refractivity contribution in [3.8, 4) is 5.75 Å². The predicted molar refractivity (Wildman–Crippen MR) is 106 cm³/mol. The molecule has 28 heavy (non-hydrogen) atoms. The van der Waals surface area contributed by atoms with Crippen LogP contribution in [0.25, 0.3) is 6.08 Å². The maximum Gasteiger partial charge on any atom is 0.328 e. The molecule has 0 spiro atoms. The number of benzene rings is 2. The Bertz CT molecular complexity index is 832. The normalized spacial score (nSPS) is 11.5. The molecule has 2 rings (SSSR count). The van der Waals surface area contributed by atoms with E-state index in [0.29, 0.717) is 11.4 Å². The van der Waals surface area contributed by atoms with Crippen molar-refractivity contribution in [2.45, 2.75) is 13.0 Å². The third-order valence-corrected chi connectivity index (χ3v) is 3.66. The van der Waals surface area contributed by atoms with E-state index in [1.807, 2.05) is 6.07 Å². The second-order valence-electron chi connectivity index (χ2n) is 5.86. The Balaban J connectivity index is 1.75. The summed E-state index contributed by atoms with van der Waals surface area (Å²) in [6.07, 6.45) is 2.92. The first-order chi connectivity index (χ1) is 13.5. The summed E-state index contributed by atoms with van der Waals surface area (Å²) in [6, 6.07) is 15.1. The maximum absolute atomic E-state index is 11.9. The van der Waals surface area contributed by atoms with Crippen LogP contribution in [0.2, 0.25) is 0 Å². The van der Waals surface area contributed by atoms with E-state index in [1.165, 1.54) is 13.0 Å². The quantitative estimate of drug-likeness (QED) is 0.540. The lowest BCUT2D eigenvalue weighted by molar-refractivity contribution is -0.149. The molecule has 0 saturated carbocycles. The van der Waals surface area contributed by atoms with Crippen molar-refractivity contribution >= 4 is 29.5 Å². The van der Waals surface area contributed by atoms with Crippen LogP contribution in [0.15, 0.2) is 60.7 Å². The molecule has 2 N–H and O–H groups in total. The molecular weight excluding hydrogens is 360 g/mol. The number of para-hydroxylation sites is 1. The van der Waals surface area contributed by atoms with Gasteiger partial charge in [0.25, 0.3) is 5.91 Å². The molecule has 0 unspecified atom stereocenters. The van der Waals surface area contributed by atoms with Gasteiger partial charge in [-0.05, 0) is 42.8 Å². The minimum atomic E-state index is -0.891. The zero-order valence-electron chi connectivity index (χ0n) is 15.7. The molecule has 0 radical (unpaired) electrons. The molecule has 0 aliphatic heterocycles. The minimum absolute atomic E-state index is 0.435. The highest BCUT2D eigenvalue weighted by molar-refractivity contribution is 5.95. The second-order valence-corrected chi connectivity index (χ2v) is 5.86. The molecule has 2 aromatic rings. The van der Waals surface area contributed by atoms with Crippen molar-refractivity contribution in [3.63, 3.8) is 0 Å². The lowest BCUT2D eigenvalue weighted by Crippen LogP contribution is -2.39. The van der Waals surface area contributed by atoms with Crippen molar-refractivity contribution in [1.82, 2.24) is 5.32 Å². The topological polar surface area (TPSA) is 93.7 Å². The van der Waals surface area contributed by atoms with E-state index >= 15 is 0 Å². The molecular formula is C21H22N2O5. The summed E-state index contributed by atoms with van der Waals surface area (Å²) in [4.78, 5) is 35.6. The molecule has 1 atom stereocenters. The zero-order valence-corrected chi connectivity index (χ0v) is 15.7. The Morgan fingerprint density at radius 2 is 1.71 bits per heavy atom. The molecule has 7 nitrogen and oxygen atoms in total. The molecule has 0 saturated heterocycles. The van der Waals surface area contributed by atoms with Gasteiger partial charge in [-0.2, -0.15) is 0 Å². The van der Waals surface area contributed by atoms with Gasteiger partial charge in [-0.1, -0.05) is 30.3 Å². The summed E-state index contributed by atoms with van der Waals surface area (Å²) < 4.78 is 9.99. The summed E-state index contributed by atoms with van der Waals surface area (Å²) in [5, 5.41) is 5.09. The third-order valence-electron chi connectivity index (χ3n) is 3.66. The number of nitrogens with one attached hydrogen (secondary N) is 2. The van der Waals surface area contributed by atoms with E-state index in [0.717, 1.165) is 5.56 Å². The van der Waals surface area contributed by atoms with Gasteiger partial charge in [0.1, 0.15) is 11.8 Å². The van der Waals surface area contributed by atoms with Crippen LogP contribution < -0.4 is 15.4 Å². The molecule has 2 aromatic carbocycles. The van der Waals surface area contributed by atoms with E-state index in [2.05, 4.69) is 10.6 Å². The molecule has 0 aromatic heterocycles. The summed E-state index contributed by atoms with van der Waals surface area (Å²) in [7, 11) is 1.57. The van der Waals surface area contributed by atoms with Crippen molar-refractivity contribution in [1.29, 1.82) is 0 Å². The Hall–Kier alpha value is -3.61. The number of ether oxygens (including phenoxy) is 2. The molecule has 146 valence electrons. The van der Waals surface area contributed by atoms with Crippen LogP contribution in [0.1, 0.15) is 12.5 Å². The fourth-order valence-electron chi connectivity index (χ4n) is 2.19. The number of amides is 2. The SMILES string of the molecule is COc1ccc(/C=C/C(=O)N[C@@H](C)C(=O)OCC(=O)Nc2ccccc2)cc1. The molecule has 0 bridgehead atoms. The highest BCUT2D eigenvalue weighted by Gasteiger charge is 2.17. The predicted octanol–water partition coefficient (Wildman–Crippen LogP) is 2.39. The fraction of sp³-hybridized carbons (Fsp3) is 0.190. The highest BCUT2D eigenvalue weighted by atomic mass is 16.5. The molecule has 0 aliphatic rings. The number of carbonyl (C=O) groups excluding carboxylic acids is 3. The van der Waals surface area contributed by atoms with E-state index in [9.17, 15) is 14.4 Å². The Labute approximate surface area is 163 Å². The number of hydrogen-bond donors (Lipinski definition) is 2. The average molecular weight is 382 g/mol. The van der Waals surface area contributed by atoms with Crippen molar-refractivity contribution in [2.75, 3.05) is 19.0 Å². The van der Waals surface area contributed by atoms with Gasteiger partial charge in [-0.25, -0.2) is 4.79 Å². The maximum atomic E-state index is 11.9. The van der Waals surface area contributed by atoms with Crippen LogP contribution in [0.4, 0.5) is 5.69 Å². The number of methoxy groups -OCH3 is 1. The highest BCUT2D eigenvalue weighted by Crippen LogP contribution is 2.12. The van der Waals surface area contributed by atoms with Crippen molar-refractivity contribution in [3.05, 3.63) is 66.2 Å². The van der Waals surface area contributed by atoms with Gasteiger partial charge >= 0.3 is 5.97 Å². The summed E-state index contributed by atoms with van der Waals surface area (Å²) in [5.74, 6) is -0.893. The second kappa shape index (κ2) is 10.5. The minimum Gasteiger partial charge on any atom is -0.497 e. The summed E-state index contributed by atoms with van der Waals surface area (Å²) in [5.41, 5.74) is 1.41. The largest absolute Gasteiger partial charge is 0.497 e. The number of hydrogen-bond acceptors (Lipinski definition) is 5. The molecule has 2 amide bonds. The van der Waals surface area contributed by atoms with E-state index < -0.39 is 30.4 Å². The fourth-order valence-corrected chi connectivity index (χ4v) is 2.19.